The molecular weight excluding hydrogens is 260 g/mol. The third kappa shape index (κ3) is 4.21. The molecule has 0 radical (unpaired) electrons. The molecule has 0 aliphatic carbocycles. The second-order valence-electron chi connectivity index (χ2n) is 4.68. The minimum Gasteiger partial charge on any atom is -0.465 e. The Balaban J connectivity index is 1.86. The molecule has 0 bridgehead atoms. The van der Waals surface area contributed by atoms with Crippen molar-refractivity contribution in [1.82, 2.24) is 10.3 Å². The summed E-state index contributed by atoms with van der Waals surface area (Å²) in [6, 6.07) is 3.52. The SMILES string of the molecule is COC(=O)c1cccnc1CNCC1CCSCC1. The molecule has 1 aliphatic heterocycles. The minimum atomic E-state index is -0.320. The van der Waals surface area contributed by atoms with E-state index in [-0.39, 0.29) is 5.97 Å². The summed E-state index contributed by atoms with van der Waals surface area (Å²) in [5.41, 5.74) is 1.32. The van der Waals surface area contributed by atoms with Gasteiger partial charge in [-0.1, -0.05) is 0 Å². The fourth-order valence-electron chi connectivity index (χ4n) is 2.22. The quantitative estimate of drug-likeness (QED) is 0.837. The van der Waals surface area contributed by atoms with Crippen LogP contribution in [-0.4, -0.2) is 36.1 Å². The molecule has 0 amide bonds. The topological polar surface area (TPSA) is 51.2 Å². The van der Waals surface area contributed by atoms with E-state index in [0.29, 0.717) is 12.1 Å². The number of carbonyl (C=O) groups is 1. The highest BCUT2D eigenvalue weighted by molar-refractivity contribution is 7.99. The third-order valence-corrected chi connectivity index (χ3v) is 4.41. The van der Waals surface area contributed by atoms with E-state index < -0.39 is 0 Å². The van der Waals surface area contributed by atoms with Crippen LogP contribution in [0.5, 0.6) is 0 Å². The number of nitrogens with one attached hydrogen (secondary N) is 1. The molecule has 1 aromatic rings. The Morgan fingerprint density at radius 3 is 3.05 bits per heavy atom. The van der Waals surface area contributed by atoms with Crippen molar-refractivity contribution in [2.24, 2.45) is 5.92 Å². The molecule has 1 fully saturated rings. The number of carbonyl (C=O) groups excluding carboxylic acids is 1. The van der Waals surface area contributed by atoms with Crippen molar-refractivity contribution < 1.29 is 9.53 Å². The molecule has 104 valence electrons. The van der Waals surface area contributed by atoms with Crippen LogP contribution in [0.2, 0.25) is 0 Å². The predicted molar refractivity (Wildman–Crippen MR) is 77.3 cm³/mol. The maximum atomic E-state index is 11.6. The Bertz CT molecular complexity index is 420. The molecule has 0 spiro atoms. The van der Waals surface area contributed by atoms with E-state index in [1.807, 2.05) is 11.8 Å². The van der Waals surface area contributed by atoms with Crippen LogP contribution in [0.25, 0.3) is 0 Å². The number of hydrogen-bond acceptors (Lipinski definition) is 5. The van der Waals surface area contributed by atoms with Gasteiger partial charge in [0.2, 0.25) is 0 Å². The van der Waals surface area contributed by atoms with E-state index in [9.17, 15) is 4.79 Å². The van der Waals surface area contributed by atoms with Crippen LogP contribution in [0.4, 0.5) is 0 Å². The maximum Gasteiger partial charge on any atom is 0.339 e. The fraction of sp³-hybridized carbons (Fsp3) is 0.571. The fourth-order valence-corrected chi connectivity index (χ4v) is 3.42. The highest BCUT2D eigenvalue weighted by Crippen LogP contribution is 2.21. The molecule has 4 nitrogen and oxygen atoms in total. The van der Waals surface area contributed by atoms with E-state index in [0.717, 1.165) is 18.2 Å². The minimum absolute atomic E-state index is 0.320. The Kier molecular flexibility index (Phi) is 5.66. The van der Waals surface area contributed by atoms with Crippen LogP contribution >= 0.6 is 11.8 Å². The number of hydrogen-bond donors (Lipinski definition) is 1. The van der Waals surface area contributed by atoms with Crippen molar-refractivity contribution in [3.63, 3.8) is 0 Å². The molecule has 1 saturated heterocycles. The maximum absolute atomic E-state index is 11.6. The van der Waals surface area contributed by atoms with Gasteiger partial charge in [0, 0.05) is 12.7 Å². The lowest BCUT2D eigenvalue weighted by atomic mass is 10.0. The molecule has 0 atom stereocenters. The van der Waals surface area contributed by atoms with Gasteiger partial charge >= 0.3 is 5.97 Å². The lowest BCUT2D eigenvalue weighted by molar-refractivity contribution is 0.0598. The Morgan fingerprint density at radius 1 is 1.53 bits per heavy atom. The van der Waals surface area contributed by atoms with Gasteiger partial charge in [-0.3, -0.25) is 4.98 Å². The van der Waals surface area contributed by atoms with Gasteiger partial charge < -0.3 is 10.1 Å². The first-order chi connectivity index (χ1) is 9.31. The van der Waals surface area contributed by atoms with Crippen LogP contribution in [0, 0.1) is 5.92 Å². The number of esters is 1. The summed E-state index contributed by atoms with van der Waals surface area (Å²) in [6.45, 7) is 1.62. The summed E-state index contributed by atoms with van der Waals surface area (Å²) in [5.74, 6) is 2.97. The number of methoxy groups -OCH3 is 1. The van der Waals surface area contributed by atoms with Crippen LogP contribution < -0.4 is 5.32 Å². The second-order valence-corrected chi connectivity index (χ2v) is 5.90. The largest absolute Gasteiger partial charge is 0.465 e. The van der Waals surface area contributed by atoms with Crippen LogP contribution in [0.15, 0.2) is 18.3 Å². The van der Waals surface area contributed by atoms with E-state index in [4.69, 9.17) is 4.74 Å². The summed E-state index contributed by atoms with van der Waals surface area (Å²) in [4.78, 5) is 15.9. The average molecular weight is 280 g/mol. The molecule has 1 N–H and O–H groups in total. The normalized spacial score (nSPS) is 16.3. The van der Waals surface area contributed by atoms with Gasteiger partial charge in [0.15, 0.2) is 0 Å². The van der Waals surface area contributed by atoms with E-state index in [2.05, 4.69) is 10.3 Å². The van der Waals surface area contributed by atoms with E-state index in [1.165, 1.54) is 31.5 Å². The molecule has 1 aromatic heterocycles. The van der Waals surface area contributed by atoms with Gasteiger partial charge in [-0.15, -0.1) is 0 Å². The van der Waals surface area contributed by atoms with Gasteiger partial charge in [0.25, 0.3) is 0 Å². The molecule has 19 heavy (non-hydrogen) atoms. The van der Waals surface area contributed by atoms with Gasteiger partial charge in [-0.25, -0.2) is 4.79 Å². The van der Waals surface area contributed by atoms with Crippen molar-refractivity contribution >= 4 is 17.7 Å². The standard InChI is InChI=1S/C14H20N2O2S/c1-18-14(17)12-3-2-6-16-13(12)10-15-9-11-4-7-19-8-5-11/h2-3,6,11,15H,4-5,7-10H2,1H3. The number of pyridine rings is 1. The number of nitrogens with zero attached hydrogens (tertiary/aromatic N) is 1. The van der Waals surface area contributed by atoms with E-state index in [1.54, 1.807) is 18.3 Å². The van der Waals surface area contributed by atoms with Crippen molar-refractivity contribution in [1.29, 1.82) is 0 Å². The zero-order chi connectivity index (χ0) is 13.5. The predicted octanol–water partition coefficient (Wildman–Crippen LogP) is 2.10. The van der Waals surface area contributed by atoms with Gasteiger partial charge in [0.1, 0.15) is 0 Å². The Hall–Kier alpha value is -1.07. The highest BCUT2D eigenvalue weighted by Gasteiger charge is 2.15. The highest BCUT2D eigenvalue weighted by atomic mass is 32.2. The molecule has 1 aliphatic rings. The van der Waals surface area contributed by atoms with Crippen molar-refractivity contribution in [3.8, 4) is 0 Å². The summed E-state index contributed by atoms with van der Waals surface area (Å²) in [5, 5.41) is 3.41. The first-order valence-corrected chi connectivity index (χ1v) is 7.77. The average Bonchev–Trinajstić information content (AvgIpc) is 2.48. The van der Waals surface area contributed by atoms with Crippen LogP contribution in [-0.2, 0) is 11.3 Å². The Labute approximate surface area is 118 Å². The number of thioether (sulfide) groups is 1. The summed E-state index contributed by atoms with van der Waals surface area (Å²) in [6.07, 6.45) is 4.27. The third-order valence-electron chi connectivity index (χ3n) is 3.36. The second kappa shape index (κ2) is 7.50. The van der Waals surface area contributed by atoms with Crippen LogP contribution in [0.1, 0.15) is 28.9 Å². The van der Waals surface area contributed by atoms with Crippen molar-refractivity contribution in [3.05, 3.63) is 29.6 Å². The summed E-state index contributed by atoms with van der Waals surface area (Å²) < 4.78 is 4.76. The molecule has 0 aromatic carbocycles. The molecule has 0 unspecified atom stereocenters. The first kappa shape index (κ1) is 14.3. The summed E-state index contributed by atoms with van der Waals surface area (Å²) in [7, 11) is 1.40. The molecule has 5 heteroatoms. The summed E-state index contributed by atoms with van der Waals surface area (Å²) >= 11 is 2.04. The van der Waals surface area contributed by atoms with E-state index >= 15 is 0 Å². The first-order valence-electron chi connectivity index (χ1n) is 6.62. The molecular formula is C14H20N2O2S. The number of rotatable bonds is 5. The zero-order valence-corrected chi connectivity index (χ0v) is 12.0. The monoisotopic (exact) mass is 280 g/mol. The van der Waals surface area contributed by atoms with Gasteiger partial charge in [-0.2, -0.15) is 11.8 Å². The zero-order valence-electron chi connectivity index (χ0n) is 11.2. The molecule has 2 heterocycles. The number of aromatic nitrogens is 1. The number of ether oxygens (including phenoxy) is 1. The van der Waals surface area contributed by atoms with Gasteiger partial charge in [-0.05, 0) is 48.9 Å². The van der Waals surface area contributed by atoms with Crippen LogP contribution in [0.3, 0.4) is 0 Å². The smallest absolute Gasteiger partial charge is 0.339 e. The lowest BCUT2D eigenvalue weighted by Gasteiger charge is -2.21. The molecule has 0 saturated carbocycles. The lowest BCUT2D eigenvalue weighted by Crippen LogP contribution is -2.26. The van der Waals surface area contributed by atoms with Gasteiger partial charge in [0.05, 0.1) is 18.4 Å². The molecule has 2 rings (SSSR count). The Morgan fingerprint density at radius 2 is 2.32 bits per heavy atom. The van der Waals surface area contributed by atoms with Crippen molar-refractivity contribution in [2.75, 3.05) is 25.2 Å². The van der Waals surface area contributed by atoms with Crippen molar-refractivity contribution in [2.45, 2.75) is 19.4 Å².